The van der Waals surface area contributed by atoms with E-state index in [0.29, 0.717) is 0 Å². The molecule has 0 N–H and O–H groups in total. The molecule has 0 aliphatic carbocycles. The van der Waals surface area contributed by atoms with Crippen molar-refractivity contribution in [2.24, 2.45) is 0 Å². The third kappa shape index (κ3) is 5.08. The Morgan fingerprint density at radius 3 is 1.58 bits per heavy atom. The van der Waals surface area contributed by atoms with Gasteiger partial charge in [0.25, 0.3) is 0 Å². The number of hydrogen-bond acceptors (Lipinski definition) is 2. The Bertz CT molecular complexity index is 359. The van der Waals surface area contributed by atoms with Crippen molar-refractivity contribution in [3.8, 4) is 0 Å². The molecule has 0 atom stereocenters. The van der Waals surface area contributed by atoms with Crippen LogP contribution in [-0.2, 0) is 9.53 Å². The van der Waals surface area contributed by atoms with Gasteiger partial charge < -0.3 is 0 Å². The summed E-state index contributed by atoms with van der Waals surface area (Å²) in [6.45, 7) is 1.02. The van der Waals surface area contributed by atoms with E-state index in [9.17, 15) is 31.1 Å². The van der Waals surface area contributed by atoms with Gasteiger partial charge in [0, 0.05) is 0 Å². The first-order valence-corrected chi connectivity index (χ1v) is 12.6. The number of carbonyl (C=O) groups excluding carboxylic acids is 1. The van der Waals surface area contributed by atoms with E-state index in [2.05, 4.69) is 4.74 Å². The number of ether oxygens (including phenoxy) is 1. The second-order valence-electron chi connectivity index (χ2n) is 4.72. The summed E-state index contributed by atoms with van der Waals surface area (Å²) in [4.78, 5) is 11.5. The Labute approximate surface area is 109 Å². The quantitative estimate of drug-likeness (QED) is 0.334. The molecule has 19 heavy (non-hydrogen) atoms. The minimum atomic E-state index is -5.64. The van der Waals surface area contributed by atoms with Gasteiger partial charge in [-0.3, -0.25) is 0 Å². The molecule has 0 rings (SSSR count). The molecule has 0 aromatic heterocycles. The molecule has 0 radical (unpaired) electrons. The number of halogens is 6. The Morgan fingerprint density at radius 2 is 1.37 bits per heavy atom. The van der Waals surface area contributed by atoms with Crippen LogP contribution in [0.25, 0.3) is 0 Å². The van der Waals surface area contributed by atoms with E-state index in [4.69, 9.17) is 0 Å². The first-order valence-electron chi connectivity index (χ1n) is 5.29. The second-order valence-corrected chi connectivity index (χ2v) is 15.2. The SMILES string of the molecule is CCOC(=O)[C](=C(C(F)(F)F)C(F)(F)F)[Ge]([CH3])([CH3])[CH3]. The molecule has 0 spiro atoms. The van der Waals surface area contributed by atoms with E-state index < -0.39 is 41.6 Å². The standard InChI is InChI=1S/C10H14F6GeO2/c1-5-19-8(18)6(17(2,3)4)7(9(11,12)13)10(14,15)16/h5H2,1-4H3. The molecule has 2 nitrogen and oxygen atoms in total. The van der Waals surface area contributed by atoms with E-state index in [1.54, 1.807) is 0 Å². The van der Waals surface area contributed by atoms with Crippen LogP contribution in [0, 0.1) is 0 Å². The van der Waals surface area contributed by atoms with Crippen molar-refractivity contribution in [2.75, 3.05) is 6.61 Å². The van der Waals surface area contributed by atoms with Crippen LogP contribution < -0.4 is 0 Å². The van der Waals surface area contributed by atoms with Crippen molar-refractivity contribution < 1.29 is 35.9 Å². The predicted octanol–water partition coefficient (Wildman–Crippen LogP) is 3.85. The van der Waals surface area contributed by atoms with Crippen LogP contribution in [-0.4, -0.2) is 38.2 Å². The summed E-state index contributed by atoms with van der Waals surface area (Å²) < 4.78 is 79.0. The van der Waals surface area contributed by atoms with Gasteiger partial charge in [0.2, 0.25) is 0 Å². The van der Waals surface area contributed by atoms with Crippen LogP contribution in [0.2, 0.25) is 17.3 Å². The maximum atomic E-state index is 12.6. The summed E-state index contributed by atoms with van der Waals surface area (Å²) in [5.74, 6) is 2.27. The molecule has 0 fully saturated rings. The third-order valence-electron chi connectivity index (χ3n) is 2.05. The van der Waals surface area contributed by atoms with E-state index in [0.717, 1.165) is 0 Å². The first kappa shape index (κ1) is 18.3. The predicted molar refractivity (Wildman–Crippen MR) is 59.1 cm³/mol. The number of alkyl halides is 6. The van der Waals surface area contributed by atoms with E-state index >= 15 is 0 Å². The van der Waals surface area contributed by atoms with Gasteiger partial charge in [0.15, 0.2) is 0 Å². The Kier molecular flexibility index (Phi) is 5.56. The van der Waals surface area contributed by atoms with Crippen molar-refractivity contribution in [3.63, 3.8) is 0 Å². The van der Waals surface area contributed by atoms with Gasteiger partial charge in [-0.05, 0) is 0 Å². The molecule has 0 unspecified atom stereocenters. The number of carbonyl (C=O) groups is 1. The Morgan fingerprint density at radius 1 is 1.00 bits per heavy atom. The van der Waals surface area contributed by atoms with Crippen molar-refractivity contribution in [1.29, 1.82) is 0 Å². The van der Waals surface area contributed by atoms with Crippen molar-refractivity contribution in [2.45, 2.75) is 36.5 Å². The fourth-order valence-corrected chi connectivity index (χ4v) is 5.04. The maximum absolute atomic E-state index is 12.6. The summed E-state index contributed by atoms with van der Waals surface area (Å²) in [6, 6.07) is 0. The van der Waals surface area contributed by atoms with E-state index in [1.807, 2.05) is 0 Å². The first-order chi connectivity index (χ1) is 8.23. The molecule has 0 bridgehead atoms. The van der Waals surface area contributed by atoms with Crippen molar-refractivity contribution in [1.82, 2.24) is 0 Å². The molecule has 0 aromatic rings. The molecular weight excluding hydrogens is 339 g/mol. The number of hydrogen-bond donors (Lipinski definition) is 0. The van der Waals surface area contributed by atoms with Crippen molar-refractivity contribution >= 4 is 19.2 Å². The fraction of sp³-hybridized carbons (Fsp3) is 0.700. The summed E-state index contributed by atoms with van der Waals surface area (Å²) in [5, 5.41) is 0. The molecular formula is C10H14F6GeO2. The molecule has 0 heterocycles. The number of esters is 1. The molecule has 0 aliphatic heterocycles. The molecule has 0 amide bonds. The third-order valence-corrected chi connectivity index (χ3v) is 6.15. The van der Waals surface area contributed by atoms with E-state index in [-0.39, 0.29) is 6.61 Å². The van der Waals surface area contributed by atoms with Crippen LogP contribution in [0.15, 0.2) is 9.98 Å². The molecule has 0 aromatic carbocycles. The Balaban J connectivity index is 6.27. The summed E-state index contributed by atoms with van der Waals surface area (Å²) in [6.07, 6.45) is -11.3. The summed E-state index contributed by atoms with van der Waals surface area (Å²) in [5.41, 5.74) is -2.73. The Hall–Kier alpha value is -0.667. The minimum absolute atomic E-state index is 0.288. The zero-order chi connectivity index (χ0) is 15.6. The van der Waals surface area contributed by atoms with Gasteiger partial charge in [-0.2, -0.15) is 0 Å². The average Bonchev–Trinajstić information content (AvgIpc) is 2.07. The molecule has 0 saturated carbocycles. The van der Waals surface area contributed by atoms with Crippen molar-refractivity contribution in [3.05, 3.63) is 9.98 Å². The zero-order valence-electron chi connectivity index (χ0n) is 10.8. The number of allylic oxidation sites excluding steroid dienone is 1. The second kappa shape index (κ2) is 5.76. The van der Waals surface area contributed by atoms with Gasteiger partial charge in [-0.25, -0.2) is 0 Å². The van der Waals surface area contributed by atoms with Gasteiger partial charge in [-0.15, -0.1) is 0 Å². The summed E-state index contributed by atoms with van der Waals surface area (Å²) in [7, 11) is 0. The van der Waals surface area contributed by atoms with Gasteiger partial charge in [-0.1, -0.05) is 0 Å². The molecule has 112 valence electrons. The van der Waals surface area contributed by atoms with Crippen LogP contribution in [0.4, 0.5) is 26.3 Å². The van der Waals surface area contributed by atoms with Crippen LogP contribution in [0.1, 0.15) is 6.92 Å². The summed E-state index contributed by atoms with van der Waals surface area (Å²) >= 11 is -3.75. The van der Waals surface area contributed by atoms with Crippen LogP contribution in [0.5, 0.6) is 0 Å². The van der Waals surface area contributed by atoms with Crippen LogP contribution in [0.3, 0.4) is 0 Å². The molecule has 0 saturated heterocycles. The monoisotopic (exact) mass is 354 g/mol. The van der Waals surface area contributed by atoms with Gasteiger partial charge in [0.1, 0.15) is 0 Å². The van der Waals surface area contributed by atoms with Crippen LogP contribution >= 0.6 is 0 Å². The van der Waals surface area contributed by atoms with Gasteiger partial charge in [0.05, 0.1) is 0 Å². The zero-order valence-corrected chi connectivity index (χ0v) is 12.9. The topological polar surface area (TPSA) is 26.3 Å². The normalized spacial score (nSPS) is 13.2. The number of rotatable bonds is 3. The fourth-order valence-electron chi connectivity index (χ4n) is 1.43. The average molecular weight is 353 g/mol. The van der Waals surface area contributed by atoms with Gasteiger partial charge >= 0.3 is 108 Å². The molecule has 9 heteroatoms. The van der Waals surface area contributed by atoms with E-state index in [1.165, 1.54) is 24.2 Å². The molecule has 0 aliphatic rings.